The minimum absolute atomic E-state index is 1.01. The Balaban J connectivity index is 1.94. The van der Waals surface area contributed by atoms with Gasteiger partial charge in [-0.05, 0) is 24.7 Å². The summed E-state index contributed by atoms with van der Waals surface area (Å²) in [6.45, 7) is 4.22. The molecule has 86 valence electrons. The minimum Gasteiger partial charge on any atom is -0.303 e. The van der Waals surface area contributed by atoms with Crippen LogP contribution in [0.25, 0.3) is 0 Å². The summed E-state index contributed by atoms with van der Waals surface area (Å²) in [5.74, 6) is 0. The van der Waals surface area contributed by atoms with Crippen LogP contribution >= 0.6 is 15.9 Å². The standard InChI is InChI=1S/C12H16BrN3/c1-15-5-7-16(8-6-15)14-10-11-3-2-4-12(13)9-11/h2-4,9-10H,5-8H2,1H3/b14-10+. The van der Waals surface area contributed by atoms with Crippen molar-refractivity contribution in [3.05, 3.63) is 34.3 Å². The van der Waals surface area contributed by atoms with Gasteiger partial charge < -0.3 is 4.90 Å². The molecule has 1 aromatic rings. The summed E-state index contributed by atoms with van der Waals surface area (Å²) in [4.78, 5) is 2.32. The second-order valence-corrected chi connectivity index (χ2v) is 4.97. The van der Waals surface area contributed by atoms with Gasteiger partial charge in [0.1, 0.15) is 0 Å². The molecule has 0 spiro atoms. The van der Waals surface area contributed by atoms with Crippen molar-refractivity contribution in [3.63, 3.8) is 0 Å². The number of piperazine rings is 1. The van der Waals surface area contributed by atoms with Crippen LogP contribution in [0.4, 0.5) is 0 Å². The molecule has 16 heavy (non-hydrogen) atoms. The van der Waals surface area contributed by atoms with Crippen LogP contribution in [0, 0.1) is 0 Å². The topological polar surface area (TPSA) is 18.8 Å². The quantitative estimate of drug-likeness (QED) is 0.773. The molecule has 0 atom stereocenters. The summed E-state index contributed by atoms with van der Waals surface area (Å²) in [6, 6.07) is 8.17. The normalized spacial score (nSPS) is 18.2. The largest absolute Gasteiger partial charge is 0.303 e. The fourth-order valence-electron chi connectivity index (χ4n) is 1.65. The minimum atomic E-state index is 1.01. The third-order valence-electron chi connectivity index (χ3n) is 2.70. The second kappa shape index (κ2) is 5.46. The van der Waals surface area contributed by atoms with Gasteiger partial charge in [-0.2, -0.15) is 5.10 Å². The number of rotatable bonds is 2. The van der Waals surface area contributed by atoms with Crippen LogP contribution in [0.5, 0.6) is 0 Å². The highest BCUT2D eigenvalue weighted by Gasteiger charge is 2.10. The first-order chi connectivity index (χ1) is 7.74. The number of hydrogen-bond donors (Lipinski definition) is 0. The van der Waals surface area contributed by atoms with E-state index in [1.165, 1.54) is 0 Å². The summed E-state index contributed by atoms with van der Waals surface area (Å²) >= 11 is 3.45. The van der Waals surface area contributed by atoms with Crippen LogP contribution in [0.3, 0.4) is 0 Å². The van der Waals surface area contributed by atoms with Crippen LogP contribution in [-0.2, 0) is 0 Å². The van der Waals surface area contributed by atoms with Gasteiger partial charge in [-0.15, -0.1) is 0 Å². The Labute approximate surface area is 105 Å². The number of hydrazone groups is 1. The molecule has 1 heterocycles. The van der Waals surface area contributed by atoms with E-state index < -0.39 is 0 Å². The van der Waals surface area contributed by atoms with Gasteiger partial charge in [-0.25, -0.2) is 0 Å². The molecule has 0 radical (unpaired) electrons. The van der Waals surface area contributed by atoms with Crippen molar-refractivity contribution in [1.82, 2.24) is 9.91 Å². The predicted octanol–water partition coefficient (Wildman–Crippen LogP) is 2.03. The summed E-state index contributed by atoms with van der Waals surface area (Å²) in [5.41, 5.74) is 1.13. The third-order valence-corrected chi connectivity index (χ3v) is 3.19. The zero-order chi connectivity index (χ0) is 11.4. The molecule has 1 aliphatic heterocycles. The number of benzene rings is 1. The average Bonchev–Trinajstić information content (AvgIpc) is 2.28. The first-order valence-electron chi connectivity index (χ1n) is 5.47. The van der Waals surface area contributed by atoms with Gasteiger partial charge in [0.25, 0.3) is 0 Å². The van der Waals surface area contributed by atoms with Crippen molar-refractivity contribution >= 4 is 22.1 Å². The van der Waals surface area contributed by atoms with Crippen LogP contribution in [0.15, 0.2) is 33.8 Å². The smallest absolute Gasteiger partial charge is 0.0543 e. The fourth-order valence-corrected chi connectivity index (χ4v) is 2.06. The van der Waals surface area contributed by atoms with Gasteiger partial charge in [-0.1, -0.05) is 28.1 Å². The number of halogens is 1. The molecule has 0 amide bonds. The maximum atomic E-state index is 4.49. The summed E-state index contributed by atoms with van der Waals surface area (Å²) in [7, 11) is 2.15. The lowest BCUT2D eigenvalue weighted by molar-refractivity contribution is 0.159. The SMILES string of the molecule is CN1CCN(/N=C/c2cccc(Br)c2)CC1. The molecule has 2 rings (SSSR count). The van der Waals surface area contributed by atoms with E-state index in [1.54, 1.807) is 0 Å². The Kier molecular flexibility index (Phi) is 3.96. The second-order valence-electron chi connectivity index (χ2n) is 4.06. The Bertz CT molecular complexity index is 370. The highest BCUT2D eigenvalue weighted by Crippen LogP contribution is 2.10. The van der Waals surface area contributed by atoms with Crippen molar-refractivity contribution in [3.8, 4) is 0 Å². The molecule has 1 aromatic carbocycles. The van der Waals surface area contributed by atoms with Gasteiger partial charge >= 0.3 is 0 Å². The van der Waals surface area contributed by atoms with Crippen molar-refractivity contribution in [2.75, 3.05) is 33.2 Å². The van der Waals surface area contributed by atoms with Crippen LogP contribution in [0.1, 0.15) is 5.56 Å². The van der Waals surface area contributed by atoms with E-state index in [1.807, 2.05) is 18.3 Å². The Hall–Kier alpha value is -0.870. The van der Waals surface area contributed by atoms with E-state index in [0.29, 0.717) is 0 Å². The maximum absolute atomic E-state index is 4.49. The third kappa shape index (κ3) is 3.32. The van der Waals surface area contributed by atoms with Gasteiger partial charge in [0.2, 0.25) is 0 Å². The first-order valence-corrected chi connectivity index (χ1v) is 6.26. The van der Waals surface area contributed by atoms with E-state index >= 15 is 0 Å². The lowest BCUT2D eigenvalue weighted by atomic mass is 10.2. The molecule has 0 N–H and O–H groups in total. The van der Waals surface area contributed by atoms with Crippen molar-refractivity contribution in [2.45, 2.75) is 0 Å². The number of nitrogens with zero attached hydrogens (tertiary/aromatic N) is 3. The molecule has 0 aliphatic carbocycles. The first kappa shape index (κ1) is 11.6. The molecule has 1 saturated heterocycles. The molecule has 0 bridgehead atoms. The summed E-state index contributed by atoms with van der Waals surface area (Å²) in [5, 5.41) is 6.62. The fraction of sp³-hybridized carbons (Fsp3) is 0.417. The van der Waals surface area contributed by atoms with Gasteiger partial charge in [0.05, 0.1) is 6.21 Å². The average molecular weight is 282 g/mol. The molecule has 0 unspecified atom stereocenters. The zero-order valence-electron chi connectivity index (χ0n) is 9.43. The highest BCUT2D eigenvalue weighted by molar-refractivity contribution is 9.10. The lowest BCUT2D eigenvalue weighted by Crippen LogP contribution is -2.41. The highest BCUT2D eigenvalue weighted by atomic mass is 79.9. The Morgan fingerprint density at radius 1 is 1.25 bits per heavy atom. The summed E-state index contributed by atoms with van der Waals surface area (Å²) in [6.07, 6.45) is 1.93. The van der Waals surface area contributed by atoms with E-state index in [4.69, 9.17) is 0 Å². The van der Waals surface area contributed by atoms with E-state index in [9.17, 15) is 0 Å². The molecule has 0 saturated carbocycles. The van der Waals surface area contributed by atoms with E-state index in [2.05, 4.69) is 50.1 Å². The zero-order valence-corrected chi connectivity index (χ0v) is 11.0. The van der Waals surface area contributed by atoms with Crippen LogP contribution in [0.2, 0.25) is 0 Å². The molecular weight excluding hydrogens is 266 g/mol. The molecular formula is C12H16BrN3. The Morgan fingerprint density at radius 2 is 2.00 bits per heavy atom. The molecule has 0 aromatic heterocycles. The summed E-state index contributed by atoms with van der Waals surface area (Å²) < 4.78 is 1.09. The van der Waals surface area contributed by atoms with Gasteiger partial charge in [0.15, 0.2) is 0 Å². The van der Waals surface area contributed by atoms with Gasteiger partial charge in [0, 0.05) is 30.7 Å². The predicted molar refractivity (Wildman–Crippen MR) is 70.8 cm³/mol. The van der Waals surface area contributed by atoms with Crippen LogP contribution in [-0.4, -0.2) is 49.4 Å². The van der Waals surface area contributed by atoms with Crippen LogP contribution < -0.4 is 0 Å². The molecule has 4 heteroatoms. The monoisotopic (exact) mass is 281 g/mol. The maximum Gasteiger partial charge on any atom is 0.0543 e. The van der Waals surface area contributed by atoms with Crippen molar-refractivity contribution in [2.24, 2.45) is 5.10 Å². The van der Waals surface area contributed by atoms with Crippen molar-refractivity contribution in [1.29, 1.82) is 0 Å². The molecule has 1 fully saturated rings. The van der Waals surface area contributed by atoms with Gasteiger partial charge in [-0.3, -0.25) is 5.01 Å². The lowest BCUT2D eigenvalue weighted by Gasteiger charge is -2.30. The number of likely N-dealkylation sites (N-methyl/N-ethyl adjacent to an activating group) is 1. The molecule has 3 nitrogen and oxygen atoms in total. The van der Waals surface area contributed by atoms with Crippen molar-refractivity contribution < 1.29 is 0 Å². The Morgan fingerprint density at radius 3 is 2.69 bits per heavy atom. The van der Waals surface area contributed by atoms with E-state index in [0.717, 1.165) is 36.2 Å². The molecule has 1 aliphatic rings. The number of hydrogen-bond acceptors (Lipinski definition) is 3. The van der Waals surface area contributed by atoms with E-state index in [-0.39, 0.29) is 0 Å².